The van der Waals surface area contributed by atoms with Crippen molar-refractivity contribution in [2.45, 2.75) is 0 Å². The average Bonchev–Trinajstić information content (AvgIpc) is 2.96. The lowest BCUT2D eigenvalue weighted by molar-refractivity contribution is -0.118. The number of anilines is 1. The van der Waals surface area contributed by atoms with Crippen molar-refractivity contribution in [1.82, 2.24) is 4.98 Å². The maximum atomic E-state index is 11.9. The van der Waals surface area contributed by atoms with Crippen molar-refractivity contribution in [3.05, 3.63) is 59.8 Å². The Kier molecular flexibility index (Phi) is 3.79. The number of hydrogen-bond acceptors (Lipinski definition) is 2. The Morgan fingerprint density at radius 3 is 2.76 bits per heavy atom. The van der Waals surface area contributed by atoms with E-state index in [-0.39, 0.29) is 12.5 Å². The van der Waals surface area contributed by atoms with E-state index in [2.05, 4.69) is 10.3 Å². The van der Waals surface area contributed by atoms with E-state index in [0.717, 1.165) is 16.6 Å². The van der Waals surface area contributed by atoms with Gasteiger partial charge in [0.25, 0.3) is 5.91 Å². The van der Waals surface area contributed by atoms with Crippen molar-refractivity contribution in [1.29, 1.82) is 0 Å². The summed E-state index contributed by atoms with van der Waals surface area (Å²) in [4.78, 5) is 15.0. The first-order valence-electron chi connectivity index (χ1n) is 6.47. The molecule has 0 radical (unpaired) electrons. The van der Waals surface area contributed by atoms with Crippen LogP contribution >= 0.6 is 11.6 Å². The van der Waals surface area contributed by atoms with Gasteiger partial charge in [-0.2, -0.15) is 0 Å². The summed E-state index contributed by atoms with van der Waals surface area (Å²) in [6.45, 7) is -0.0568. The van der Waals surface area contributed by atoms with Gasteiger partial charge in [-0.3, -0.25) is 4.79 Å². The summed E-state index contributed by atoms with van der Waals surface area (Å²) in [5.74, 6) is 0.389. The molecule has 0 aliphatic heterocycles. The highest BCUT2D eigenvalue weighted by Crippen LogP contribution is 2.21. The van der Waals surface area contributed by atoms with Crippen molar-refractivity contribution in [2.24, 2.45) is 0 Å². The van der Waals surface area contributed by atoms with E-state index >= 15 is 0 Å². The van der Waals surface area contributed by atoms with Crippen LogP contribution in [-0.2, 0) is 4.79 Å². The summed E-state index contributed by atoms with van der Waals surface area (Å²) >= 11 is 5.79. The molecule has 3 aromatic rings. The van der Waals surface area contributed by atoms with Gasteiger partial charge in [-0.1, -0.05) is 23.7 Å². The summed E-state index contributed by atoms with van der Waals surface area (Å²) in [5, 5.41) is 4.51. The lowest BCUT2D eigenvalue weighted by Crippen LogP contribution is -2.20. The number of halogens is 1. The molecule has 2 N–H and O–H groups in total. The van der Waals surface area contributed by atoms with Crippen molar-refractivity contribution in [3.8, 4) is 5.75 Å². The van der Waals surface area contributed by atoms with Crippen LogP contribution in [0.2, 0.25) is 5.02 Å². The predicted molar refractivity (Wildman–Crippen MR) is 83.9 cm³/mol. The second kappa shape index (κ2) is 5.89. The van der Waals surface area contributed by atoms with E-state index < -0.39 is 0 Å². The Morgan fingerprint density at radius 1 is 1.14 bits per heavy atom. The number of carbonyl (C=O) groups is 1. The van der Waals surface area contributed by atoms with Gasteiger partial charge in [0.05, 0.1) is 11.2 Å². The van der Waals surface area contributed by atoms with Gasteiger partial charge in [-0.05, 0) is 36.4 Å². The molecular formula is C16H13ClN2O2. The average molecular weight is 301 g/mol. The fourth-order valence-corrected chi connectivity index (χ4v) is 2.18. The zero-order valence-corrected chi connectivity index (χ0v) is 11.9. The highest BCUT2D eigenvalue weighted by Gasteiger charge is 2.07. The molecule has 0 saturated carbocycles. The zero-order chi connectivity index (χ0) is 14.7. The fraction of sp³-hybridized carbons (Fsp3) is 0.0625. The number of ether oxygens (including phenoxy) is 1. The molecule has 0 spiro atoms. The van der Waals surface area contributed by atoms with Crippen LogP contribution in [0, 0.1) is 0 Å². The van der Waals surface area contributed by atoms with E-state index in [1.165, 1.54) is 0 Å². The molecule has 5 heteroatoms. The van der Waals surface area contributed by atoms with Gasteiger partial charge in [0.1, 0.15) is 5.75 Å². The molecule has 4 nitrogen and oxygen atoms in total. The van der Waals surface area contributed by atoms with Gasteiger partial charge in [-0.25, -0.2) is 0 Å². The van der Waals surface area contributed by atoms with Gasteiger partial charge in [0, 0.05) is 16.6 Å². The van der Waals surface area contributed by atoms with Crippen LogP contribution in [0.15, 0.2) is 54.7 Å². The van der Waals surface area contributed by atoms with E-state index in [9.17, 15) is 4.79 Å². The molecule has 2 aromatic carbocycles. The Balaban J connectivity index is 1.64. The molecule has 1 heterocycles. The summed E-state index contributed by atoms with van der Waals surface area (Å²) in [7, 11) is 0. The first-order valence-corrected chi connectivity index (χ1v) is 6.84. The largest absolute Gasteiger partial charge is 0.484 e. The molecule has 1 aromatic heterocycles. The molecule has 0 unspecified atom stereocenters. The molecule has 3 rings (SSSR count). The number of benzene rings is 2. The molecule has 0 fully saturated rings. The first kappa shape index (κ1) is 13.5. The quantitative estimate of drug-likeness (QED) is 0.769. The van der Waals surface area contributed by atoms with E-state index in [4.69, 9.17) is 16.3 Å². The van der Waals surface area contributed by atoms with E-state index in [1.54, 1.807) is 24.3 Å². The first-order chi connectivity index (χ1) is 10.2. The molecule has 0 aliphatic rings. The Labute approximate surface area is 126 Å². The van der Waals surface area contributed by atoms with Crippen molar-refractivity contribution in [2.75, 3.05) is 11.9 Å². The fourth-order valence-electron chi connectivity index (χ4n) is 2.06. The van der Waals surface area contributed by atoms with Crippen LogP contribution in [0.5, 0.6) is 5.75 Å². The molecule has 0 bridgehead atoms. The van der Waals surface area contributed by atoms with Crippen LogP contribution in [0.1, 0.15) is 0 Å². The third-order valence-corrected chi connectivity index (χ3v) is 3.30. The SMILES string of the molecule is O=C(COc1ccc(Cl)cc1)Nc1cccc2cc[nH]c12. The third-order valence-electron chi connectivity index (χ3n) is 3.04. The maximum Gasteiger partial charge on any atom is 0.262 e. The number of carbonyl (C=O) groups excluding carboxylic acids is 1. The maximum absolute atomic E-state index is 11.9. The van der Waals surface area contributed by atoms with Crippen molar-refractivity contribution < 1.29 is 9.53 Å². The van der Waals surface area contributed by atoms with Crippen LogP contribution in [0.25, 0.3) is 10.9 Å². The number of hydrogen-bond donors (Lipinski definition) is 2. The lowest BCUT2D eigenvalue weighted by Gasteiger charge is -2.08. The van der Waals surface area contributed by atoms with Gasteiger partial charge in [0.15, 0.2) is 6.61 Å². The van der Waals surface area contributed by atoms with Crippen LogP contribution in [0.3, 0.4) is 0 Å². The smallest absolute Gasteiger partial charge is 0.262 e. The van der Waals surface area contributed by atoms with Gasteiger partial charge in [0.2, 0.25) is 0 Å². The minimum atomic E-state index is -0.216. The molecule has 0 atom stereocenters. The van der Waals surface area contributed by atoms with Gasteiger partial charge in [-0.15, -0.1) is 0 Å². The topological polar surface area (TPSA) is 54.1 Å². The van der Waals surface area contributed by atoms with Crippen molar-refractivity contribution in [3.63, 3.8) is 0 Å². The third kappa shape index (κ3) is 3.17. The number of fused-ring (bicyclic) bond motifs is 1. The van der Waals surface area contributed by atoms with Crippen LogP contribution in [-0.4, -0.2) is 17.5 Å². The summed E-state index contributed by atoms with van der Waals surface area (Å²) in [6, 6.07) is 14.6. The molecule has 106 valence electrons. The molecule has 0 saturated heterocycles. The monoisotopic (exact) mass is 300 g/mol. The number of aromatic amines is 1. The van der Waals surface area contributed by atoms with E-state index in [1.807, 2.05) is 30.5 Å². The Hall–Kier alpha value is -2.46. The molecule has 1 amide bonds. The number of para-hydroxylation sites is 1. The minimum absolute atomic E-state index is 0.0568. The van der Waals surface area contributed by atoms with Crippen LogP contribution < -0.4 is 10.1 Å². The second-order valence-corrected chi connectivity index (χ2v) is 4.97. The molecule has 21 heavy (non-hydrogen) atoms. The summed E-state index contributed by atoms with van der Waals surface area (Å²) in [5.41, 5.74) is 1.64. The normalized spacial score (nSPS) is 10.5. The van der Waals surface area contributed by atoms with Gasteiger partial charge < -0.3 is 15.0 Å². The van der Waals surface area contributed by atoms with Gasteiger partial charge >= 0.3 is 0 Å². The number of aromatic nitrogens is 1. The number of amides is 1. The number of nitrogens with one attached hydrogen (secondary N) is 2. The Morgan fingerprint density at radius 2 is 1.95 bits per heavy atom. The zero-order valence-electron chi connectivity index (χ0n) is 11.1. The Bertz CT molecular complexity index is 765. The standard InChI is InChI=1S/C16H13ClN2O2/c17-12-4-6-13(7-5-12)21-10-15(20)19-14-3-1-2-11-8-9-18-16(11)14/h1-9,18H,10H2,(H,19,20). The molecule has 0 aliphatic carbocycles. The summed E-state index contributed by atoms with van der Waals surface area (Å²) in [6.07, 6.45) is 1.84. The lowest BCUT2D eigenvalue weighted by atomic mass is 10.2. The number of H-pyrrole nitrogens is 1. The number of rotatable bonds is 4. The molecular weight excluding hydrogens is 288 g/mol. The van der Waals surface area contributed by atoms with Crippen molar-refractivity contribution >= 4 is 34.1 Å². The highest BCUT2D eigenvalue weighted by molar-refractivity contribution is 6.30. The van der Waals surface area contributed by atoms with E-state index in [0.29, 0.717) is 10.8 Å². The highest BCUT2D eigenvalue weighted by atomic mass is 35.5. The van der Waals surface area contributed by atoms with Crippen LogP contribution in [0.4, 0.5) is 5.69 Å². The predicted octanol–water partition coefficient (Wildman–Crippen LogP) is 3.84. The summed E-state index contributed by atoms with van der Waals surface area (Å²) < 4.78 is 5.41. The minimum Gasteiger partial charge on any atom is -0.484 e. The second-order valence-electron chi connectivity index (χ2n) is 4.54.